The summed E-state index contributed by atoms with van der Waals surface area (Å²) < 4.78 is 1.17. The van der Waals surface area contributed by atoms with Crippen molar-refractivity contribution in [3.63, 3.8) is 0 Å². The summed E-state index contributed by atoms with van der Waals surface area (Å²) in [7, 11) is 0. The summed E-state index contributed by atoms with van der Waals surface area (Å²) in [6, 6.07) is 4.83. The largest absolute Gasteiger partial charge is 0.477 e. The molecule has 0 spiro atoms. The van der Waals surface area contributed by atoms with Gasteiger partial charge in [0.25, 0.3) is 0 Å². The molecule has 0 aliphatic heterocycles. The number of hydrogen-bond acceptors (Lipinski definition) is 4. The minimum Gasteiger partial charge on any atom is -0.477 e. The highest BCUT2D eigenvalue weighted by Gasteiger charge is 2.26. The van der Waals surface area contributed by atoms with E-state index in [1.165, 1.54) is 4.68 Å². The molecule has 0 saturated heterocycles. The molecule has 1 heterocycles. The lowest BCUT2D eigenvalue weighted by Gasteiger charge is -2.00. The topological polar surface area (TPSA) is 98.3 Å². The third kappa shape index (κ3) is 2.89. The van der Waals surface area contributed by atoms with Crippen LogP contribution in [0.25, 0.3) is 0 Å². The zero-order chi connectivity index (χ0) is 14.9. The van der Waals surface area contributed by atoms with E-state index >= 15 is 0 Å². The van der Waals surface area contributed by atoms with Crippen LogP contribution in [0.4, 0.5) is 5.82 Å². The van der Waals surface area contributed by atoms with E-state index in [-0.39, 0.29) is 6.54 Å². The Bertz CT molecular complexity index is 667. The molecule has 7 nitrogen and oxygen atoms in total. The van der Waals surface area contributed by atoms with Gasteiger partial charge in [0, 0.05) is 0 Å². The minimum absolute atomic E-state index is 0.144. The molecule has 2 rings (SSSR count). The van der Waals surface area contributed by atoms with Gasteiger partial charge in [-0.3, -0.25) is 0 Å². The first-order chi connectivity index (χ1) is 9.38. The fourth-order valence-corrected chi connectivity index (χ4v) is 1.92. The smallest absolute Gasteiger partial charge is 0.404 e. The highest BCUT2D eigenvalue weighted by molar-refractivity contribution is 6.42. The predicted octanol–water partition coefficient (Wildman–Crippen LogP) is 2.84. The number of aromatic nitrogens is 2. The molecule has 0 amide bonds. The van der Waals surface area contributed by atoms with Crippen LogP contribution >= 0.6 is 23.2 Å². The second kappa shape index (κ2) is 5.48. The molecular weight excluding hydrogens is 309 g/mol. The minimum atomic E-state index is -1.41. The van der Waals surface area contributed by atoms with E-state index in [0.29, 0.717) is 15.6 Å². The number of halogens is 2. The maximum Gasteiger partial charge on any atom is 0.404 e. The number of carbonyl (C=O) groups is 1. The highest BCUT2D eigenvalue weighted by Crippen LogP contribution is 2.23. The lowest BCUT2D eigenvalue weighted by molar-refractivity contribution is -0.390. The van der Waals surface area contributed by atoms with Crippen molar-refractivity contribution >= 4 is 35.0 Å². The standard InChI is InChI=1S/C11H7Cl2N3O4/c12-8-2-1-6(3-9(8)13)4-15-5-7(11(17)18)10(14-15)16(19)20/h1-3,5H,4H2,(H,17,18). The monoisotopic (exact) mass is 315 g/mol. The number of nitro groups is 1. The highest BCUT2D eigenvalue weighted by atomic mass is 35.5. The van der Waals surface area contributed by atoms with Gasteiger partial charge in [-0.05, 0) is 22.6 Å². The summed E-state index contributed by atoms with van der Waals surface area (Å²) in [5.74, 6) is -2.10. The number of hydrogen-bond donors (Lipinski definition) is 1. The molecule has 9 heteroatoms. The normalized spacial score (nSPS) is 10.5. The molecule has 0 aliphatic rings. The average Bonchev–Trinajstić information content (AvgIpc) is 2.78. The van der Waals surface area contributed by atoms with Crippen LogP contribution < -0.4 is 0 Å². The second-order valence-corrected chi connectivity index (χ2v) is 4.69. The number of aromatic carboxylic acids is 1. The van der Waals surface area contributed by atoms with E-state index in [2.05, 4.69) is 5.10 Å². The maximum atomic E-state index is 10.9. The molecule has 0 saturated carbocycles. The molecule has 104 valence electrons. The number of carboxylic acids is 1. The summed E-state index contributed by atoms with van der Waals surface area (Å²) in [4.78, 5) is 20.8. The summed E-state index contributed by atoms with van der Waals surface area (Å²) in [5, 5.41) is 24.0. The van der Waals surface area contributed by atoms with Gasteiger partial charge in [-0.25, -0.2) is 4.79 Å². The van der Waals surface area contributed by atoms with Gasteiger partial charge in [0.1, 0.15) is 0 Å². The molecule has 0 aliphatic carbocycles. The fourth-order valence-electron chi connectivity index (χ4n) is 1.60. The quantitative estimate of drug-likeness (QED) is 0.691. The van der Waals surface area contributed by atoms with Gasteiger partial charge < -0.3 is 15.2 Å². The number of benzene rings is 1. The Morgan fingerprint density at radius 2 is 2.10 bits per heavy atom. The van der Waals surface area contributed by atoms with Crippen LogP contribution in [0.5, 0.6) is 0 Å². The molecule has 0 radical (unpaired) electrons. The summed E-state index contributed by atoms with van der Waals surface area (Å²) in [5.41, 5.74) is 0.226. The third-order valence-electron chi connectivity index (χ3n) is 2.47. The van der Waals surface area contributed by atoms with Gasteiger partial charge in [-0.1, -0.05) is 29.3 Å². The third-order valence-corrected chi connectivity index (χ3v) is 3.21. The van der Waals surface area contributed by atoms with E-state index in [0.717, 1.165) is 6.20 Å². The van der Waals surface area contributed by atoms with Crippen LogP contribution in [-0.2, 0) is 6.54 Å². The Labute approximate surface area is 122 Å². The zero-order valence-corrected chi connectivity index (χ0v) is 11.3. The fraction of sp³-hybridized carbons (Fsp3) is 0.0909. The number of rotatable bonds is 4. The van der Waals surface area contributed by atoms with Crippen molar-refractivity contribution in [2.24, 2.45) is 0 Å². The Balaban J connectivity index is 2.34. The molecule has 0 fully saturated rings. The molecular formula is C11H7Cl2N3O4. The van der Waals surface area contributed by atoms with Gasteiger partial charge in [0.15, 0.2) is 5.56 Å². The Hall–Kier alpha value is -2.12. The predicted molar refractivity (Wildman–Crippen MR) is 71.4 cm³/mol. The number of carboxylic acid groups (broad SMARTS) is 1. The molecule has 2 aromatic rings. The van der Waals surface area contributed by atoms with Crippen molar-refractivity contribution in [1.82, 2.24) is 9.78 Å². The van der Waals surface area contributed by atoms with Crippen LogP contribution in [0.2, 0.25) is 10.0 Å². The lowest BCUT2D eigenvalue weighted by atomic mass is 10.2. The summed E-state index contributed by atoms with van der Waals surface area (Å²) >= 11 is 11.6. The molecule has 1 aromatic carbocycles. The molecule has 20 heavy (non-hydrogen) atoms. The SMILES string of the molecule is O=C(O)c1cn(Cc2ccc(Cl)c(Cl)c2)nc1[N+](=O)[O-]. The molecule has 1 aromatic heterocycles. The van der Waals surface area contributed by atoms with Gasteiger partial charge in [0.05, 0.1) is 27.9 Å². The van der Waals surface area contributed by atoms with E-state index in [4.69, 9.17) is 28.3 Å². The van der Waals surface area contributed by atoms with Crippen molar-refractivity contribution in [3.8, 4) is 0 Å². The summed E-state index contributed by atoms with van der Waals surface area (Å²) in [6.07, 6.45) is 1.10. The van der Waals surface area contributed by atoms with E-state index in [1.54, 1.807) is 18.2 Å². The zero-order valence-electron chi connectivity index (χ0n) is 9.79. The molecule has 0 atom stereocenters. The van der Waals surface area contributed by atoms with E-state index < -0.39 is 22.3 Å². The molecule has 0 unspecified atom stereocenters. The van der Waals surface area contributed by atoms with Crippen LogP contribution in [0.1, 0.15) is 15.9 Å². The maximum absolute atomic E-state index is 10.9. The Morgan fingerprint density at radius 1 is 1.40 bits per heavy atom. The van der Waals surface area contributed by atoms with Crippen molar-refractivity contribution in [1.29, 1.82) is 0 Å². The number of nitrogens with zero attached hydrogens (tertiary/aromatic N) is 3. The van der Waals surface area contributed by atoms with Crippen molar-refractivity contribution in [2.45, 2.75) is 6.54 Å². The Morgan fingerprint density at radius 3 is 2.60 bits per heavy atom. The van der Waals surface area contributed by atoms with Crippen molar-refractivity contribution in [2.75, 3.05) is 0 Å². The van der Waals surface area contributed by atoms with E-state index in [1.807, 2.05) is 0 Å². The first-order valence-corrected chi connectivity index (χ1v) is 6.03. The second-order valence-electron chi connectivity index (χ2n) is 3.87. The van der Waals surface area contributed by atoms with Gasteiger partial charge in [-0.2, -0.15) is 4.68 Å². The average molecular weight is 316 g/mol. The van der Waals surface area contributed by atoms with Gasteiger partial charge in [0.2, 0.25) is 0 Å². The van der Waals surface area contributed by atoms with Crippen LogP contribution in [0.15, 0.2) is 24.4 Å². The first-order valence-electron chi connectivity index (χ1n) is 5.27. The first kappa shape index (κ1) is 14.3. The Kier molecular flexibility index (Phi) is 3.91. The van der Waals surface area contributed by atoms with Crippen molar-refractivity contribution in [3.05, 3.63) is 55.7 Å². The van der Waals surface area contributed by atoms with Crippen LogP contribution in [0, 0.1) is 10.1 Å². The van der Waals surface area contributed by atoms with E-state index in [9.17, 15) is 14.9 Å². The van der Waals surface area contributed by atoms with Crippen LogP contribution in [-0.4, -0.2) is 25.8 Å². The van der Waals surface area contributed by atoms with Crippen LogP contribution in [0.3, 0.4) is 0 Å². The molecule has 1 N–H and O–H groups in total. The lowest BCUT2D eigenvalue weighted by Crippen LogP contribution is -2.01. The summed E-state index contributed by atoms with van der Waals surface area (Å²) in [6.45, 7) is 0.144. The molecule has 0 bridgehead atoms. The van der Waals surface area contributed by atoms with Gasteiger partial charge >= 0.3 is 11.8 Å². The van der Waals surface area contributed by atoms with Gasteiger partial charge in [-0.15, -0.1) is 0 Å². The van der Waals surface area contributed by atoms with Crippen molar-refractivity contribution < 1.29 is 14.8 Å².